The molecule has 2 aromatic carbocycles. The number of hydrogen-bond donors (Lipinski definition) is 2. The molecule has 40 heavy (non-hydrogen) atoms. The lowest BCUT2D eigenvalue weighted by atomic mass is 9.95. The van der Waals surface area contributed by atoms with E-state index in [4.69, 9.17) is 27.3 Å². The summed E-state index contributed by atoms with van der Waals surface area (Å²) in [5, 5.41) is 13.1. The van der Waals surface area contributed by atoms with Crippen molar-refractivity contribution in [2.24, 2.45) is 0 Å². The van der Waals surface area contributed by atoms with E-state index in [-0.39, 0.29) is 49.0 Å². The van der Waals surface area contributed by atoms with Crippen molar-refractivity contribution in [1.29, 1.82) is 5.26 Å². The molecule has 0 unspecified atom stereocenters. The smallest absolute Gasteiger partial charge is 0.319 e. The zero-order chi connectivity index (χ0) is 27.6. The number of ether oxygens (including phenoxy) is 1. The third kappa shape index (κ3) is 4.06. The van der Waals surface area contributed by atoms with Crippen LogP contribution in [0.1, 0.15) is 25.7 Å². The highest BCUT2D eigenvalue weighted by Gasteiger charge is 2.45. The molecule has 3 aliphatic rings. The second-order valence-corrected chi connectivity index (χ2v) is 12.1. The molecule has 3 aliphatic heterocycles. The van der Waals surface area contributed by atoms with E-state index in [1.807, 2.05) is 0 Å². The fraction of sp³-hybridized carbons (Fsp3) is 0.407. The molecule has 0 bridgehead atoms. The summed E-state index contributed by atoms with van der Waals surface area (Å²) in [6.07, 6.45) is 6.44. The fourth-order valence-electron chi connectivity index (χ4n) is 6.30. The van der Waals surface area contributed by atoms with E-state index in [1.165, 1.54) is 12.1 Å². The number of nitrogens with one attached hydrogen (secondary N) is 1. The van der Waals surface area contributed by atoms with Gasteiger partial charge in [-0.25, -0.2) is 13.8 Å². The Morgan fingerprint density at radius 2 is 1.95 bits per heavy atom. The second kappa shape index (κ2) is 9.54. The maximum Gasteiger partial charge on any atom is 0.319 e. The number of benzene rings is 2. The van der Waals surface area contributed by atoms with Crippen LogP contribution in [0.5, 0.6) is 6.01 Å². The van der Waals surface area contributed by atoms with Gasteiger partial charge in [-0.15, -0.1) is 0 Å². The first-order valence-corrected chi connectivity index (χ1v) is 14.4. The number of nitrogen functional groups attached to an aromatic ring is 1. The molecule has 3 N–H and O–H groups in total. The zero-order valence-corrected chi connectivity index (χ0v) is 23.0. The van der Waals surface area contributed by atoms with Gasteiger partial charge in [-0.2, -0.15) is 15.2 Å². The molecule has 0 radical (unpaired) electrons. The van der Waals surface area contributed by atoms with Crippen molar-refractivity contribution >= 4 is 55.0 Å². The molecule has 5 heterocycles. The van der Waals surface area contributed by atoms with Gasteiger partial charge in [0.15, 0.2) is 17.1 Å². The highest BCUT2D eigenvalue weighted by atomic mass is 35.5. The topological polar surface area (TPSA) is 116 Å². The minimum Gasteiger partial charge on any atom is -0.461 e. The Balaban J connectivity index is 1.33. The summed E-state index contributed by atoms with van der Waals surface area (Å²) < 4.78 is 37.4. The Morgan fingerprint density at radius 3 is 2.70 bits per heavy atom. The van der Waals surface area contributed by atoms with Crippen molar-refractivity contribution in [2.45, 2.75) is 37.3 Å². The summed E-state index contributed by atoms with van der Waals surface area (Å²) in [5.74, 6) is -0.802. The van der Waals surface area contributed by atoms with Crippen LogP contribution in [-0.2, 0) is 0 Å². The first-order chi connectivity index (χ1) is 19.3. The number of halogens is 3. The highest BCUT2D eigenvalue weighted by Crippen LogP contribution is 2.43. The zero-order valence-electron chi connectivity index (χ0n) is 21.4. The van der Waals surface area contributed by atoms with E-state index < -0.39 is 11.6 Å². The Bertz CT molecular complexity index is 1690. The number of anilines is 2. The van der Waals surface area contributed by atoms with Crippen LogP contribution in [-0.4, -0.2) is 69.1 Å². The van der Waals surface area contributed by atoms with Crippen molar-refractivity contribution in [3.05, 3.63) is 34.9 Å². The normalized spacial score (nSPS) is 18.7. The second-order valence-electron chi connectivity index (χ2n) is 10.7. The number of aromatic nitrogens is 3. The molecule has 0 amide bonds. The van der Waals surface area contributed by atoms with Crippen LogP contribution in [0.2, 0.25) is 5.02 Å². The summed E-state index contributed by atoms with van der Waals surface area (Å²) in [6, 6.07) is 4.31. The molecule has 206 valence electrons. The van der Waals surface area contributed by atoms with Gasteiger partial charge in [0.2, 0.25) is 0 Å². The third-order valence-corrected chi connectivity index (χ3v) is 9.48. The molecular formula is C27H25ClF2N8OS. The lowest BCUT2D eigenvalue weighted by Gasteiger charge is -2.36. The van der Waals surface area contributed by atoms with Crippen LogP contribution in [0, 0.1) is 23.1 Å². The quantitative estimate of drug-likeness (QED) is 0.303. The summed E-state index contributed by atoms with van der Waals surface area (Å²) in [5.41, 5.74) is 6.45. The first kappa shape index (κ1) is 25.4. The number of nitrogens with zero attached hydrogens (tertiary/aromatic N) is 6. The van der Waals surface area contributed by atoms with Crippen molar-refractivity contribution in [2.75, 3.05) is 43.8 Å². The molecule has 4 aromatic rings. The third-order valence-electron chi connectivity index (χ3n) is 8.29. The summed E-state index contributed by atoms with van der Waals surface area (Å²) in [6.45, 7) is 3.53. The van der Waals surface area contributed by atoms with Gasteiger partial charge in [-0.05, 0) is 57.0 Å². The number of nitrogens with two attached hydrogens (primary N) is 1. The summed E-state index contributed by atoms with van der Waals surface area (Å²) in [4.78, 5) is 17.5. The van der Waals surface area contributed by atoms with Crippen LogP contribution < -0.4 is 15.8 Å². The Hall–Kier alpha value is -3.53. The van der Waals surface area contributed by atoms with E-state index in [0.29, 0.717) is 36.5 Å². The van der Waals surface area contributed by atoms with E-state index >= 15 is 4.39 Å². The number of fused-ring (bicyclic) bond motifs is 3. The minimum atomic E-state index is -0.689. The van der Waals surface area contributed by atoms with Gasteiger partial charge in [0.25, 0.3) is 0 Å². The molecule has 0 spiro atoms. The monoisotopic (exact) mass is 582 g/mol. The number of likely N-dealkylation sites (tertiary alicyclic amines) is 1. The first-order valence-electron chi connectivity index (χ1n) is 13.2. The Morgan fingerprint density at radius 1 is 1.18 bits per heavy atom. The molecule has 13 heteroatoms. The average molecular weight is 583 g/mol. The molecule has 7 rings (SSSR count). The minimum absolute atomic E-state index is 0.0243. The Kier molecular flexibility index (Phi) is 6.07. The highest BCUT2D eigenvalue weighted by molar-refractivity contribution is 7.22. The predicted molar refractivity (Wildman–Crippen MR) is 150 cm³/mol. The summed E-state index contributed by atoms with van der Waals surface area (Å²) >= 11 is 7.67. The number of thiazole rings is 1. The number of nitriles is 1. The number of hydrogen-bond acceptors (Lipinski definition) is 10. The molecule has 0 saturated carbocycles. The molecule has 2 aromatic heterocycles. The van der Waals surface area contributed by atoms with Crippen LogP contribution in [0.4, 0.5) is 19.7 Å². The molecule has 3 fully saturated rings. The van der Waals surface area contributed by atoms with Crippen molar-refractivity contribution in [3.63, 3.8) is 0 Å². The number of rotatable bonds is 6. The van der Waals surface area contributed by atoms with Crippen LogP contribution >= 0.6 is 22.9 Å². The van der Waals surface area contributed by atoms with Crippen LogP contribution in [0.25, 0.3) is 32.2 Å². The van der Waals surface area contributed by atoms with Crippen molar-refractivity contribution in [1.82, 2.24) is 24.8 Å². The fourth-order valence-corrected chi connectivity index (χ4v) is 7.35. The predicted octanol–water partition coefficient (Wildman–Crippen LogP) is 5.00. The maximum atomic E-state index is 16.4. The molecule has 0 aliphatic carbocycles. The van der Waals surface area contributed by atoms with E-state index in [0.717, 1.165) is 50.1 Å². The molecule has 9 nitrogen and oxygen atoms in total. The molecule has 0 atom stereocenters. The molecule has 3 saturated heterocycles. The van der Waals surface area contributed by atoms with Gasteiger partial charge < -0.3 is 20.7 Å². The van der Waals surface area contributed by atoms with Gasteiger partial charge in [-0.3, -0.25) is 4.90 Å². The summed E-state index contributed by atoms with van der Waals surface area (Å²) in [7, 11) is 0. The molecular weight excluding hydrogens is 558 g/mol. The van der Waals surface area contributed by atoms with Crippen LogP contribution in [0.15, 0.2) is 18.2 Å². The maximum absolute atomic E-state index is 16.4. The van der Waals surface area contributed by atoms with Gasteiger partial charge in [0.05, 0.1) is 39.9 Å². The van der Waals surface area contributed by atoms with Crippen molar-refractivity contribution < 1.29 is 13.5 Å². The van der Waals surface area contributed by atoms with Gasteiger partial charge in [-0.1, -0.05) is 22.9 Å². The lowest BCUT2D eigenvalue weighted by Crippen LogP contribution is -2.52. The largest absolute Gasteiger partial charge is 0.461 e. The van der Waals surface area contributed by atoms with Gasteiger partial charge in [0, 0.05) is 16.5 Å². The van der Waals surface area contributed by atoms with Crippen LogP contribution in [0.3, 0.4) is 0 Å². The SMILES string of the molecule is N#CN1CC(Nc2nc(OCC34CCCN3CCC4)nc3c(F)c(-c4ccc(F)c5sc(N)nc45)c(Cl)cc23)C1. The average Bonchev–Trinajstić information content (AvgIpc) is 3.60. The van der Waals surface area contributed by atoms with Crippen molar-refractivity contribution in [3.8, 4) is 23.3 Å². The van der Waals surface area contributed by atoms with Gasteiger partial charge >= 0.3 is 6.01 Å². The van der Waals surface area contributed by atoms with E-state index in [2.05, 4.69) is 31.4 Å². The lowest BCUT2D eigenvalue weighted by molar-refractivity contribution is 0.108. The van der Waals surface area contributed by atoms with Gasteiger partial charge in [0.1, 0.15) is 23.8 Å². The Labute approximate surface area is 237 Å². The standard InChI is InChI=1S/C27H25ClF2N8OS/c28-17-9-16-21(20(30)19(17)15-3-4-18(29)23-22(15)34-25(32)40-23)35-26(36-24(16)33-14-10-37(11-14)13-31)39-12-27-5-1-7-38(27)8-2-6-27/h3-4,9,14H,1-2,5-8,10-12H2,(H2,32,34)(H,33,35,36). The van der Waals surface area contributed by atoms with E-state index in [9.17, 15) is 4.39 Å². The van der Waals surface area contributed by atoms with E-state index in [1.54, 1.807) is 11.0 Å².